The minimum atomic E-state index is -4.11. The Morgan fingerprint density at radius 3 is 2.33 bits per heavy atom. The molecule has 0 amide bonds. The molecule has 118 valence electrons. The monoisotopic (exact) mass is 334 g/mol. The van der Waals surface area contributed by atoms with Crippen LogP contribution in [0.25, 0.3) is 0 Å². The molecule has 21 heavy (non-hydrogen) atoms. The highest BCUT2D eigenvalue weighted by Gasteiger charge is 2.33. The van der Waals surface area contributed by atoms with E-state index in [1.54, 1.807) is 0 Å². The number of benzene rings is 1. The molecule has 7 heteroatoms. The minimum absolute atomic E-state index is 0.372. The van der Waals surface area contributed by atoms with Crippen molar-refractivity contribution in [3.05, 3.63) is 35.9 Å². The van der Waals surface area contributed by atoms with Crippen molar-refractivity contribution >= 4 is 26.0 Å². The Bertz CT molecular complexity index is 568. The second-order valence-electron chi connectivity index (χ2n) is 5.25. The van der Waals surface area contributed by atoms with Crippen LogP contribution in [0.1, 0.15) is 38.9 Å². The third kappa shape index (κ3) is 6.03. The van der Waals surface area contributed by atoms with Crippen LogP contribution in [0.3, 0.4) is 0 Å². The van der Waals surface area contributed by atoms with Gasteiger partial charge in [-0.25, -0.2) is 0 Å². The van der Waals surface area contributed by atoms with Crippen molar-refractivity contribution in [2.45, 2.75) is 33.3 Å². The van der Waals surface area contributed by atoms with Gasteiger partial charge in [-0.3, -0.25) is 8.98 Å². The SMILES string of the molecule is CCC(OC(=O)C(C)(C)COS(=O)(=O)Cl)c1ccccc1. The van der Waals surface area contributed by atoms with Crippen LogP contribution in [0.4, 0.5) is 0 Å². The normalized spacial score (nSPS) is 13.7. The third-order valence-corrected chi connectivity index (χ3v) is 3.57. The minimum Gasteiger partial charge on any atom is -0.457 e. The van der Waals surface area contributed by atoms with Crippen molar-refractivity contribution in [3.8, 4) is 0 Å². The summed E-state index contributed by atoms with van der Waals surface area (Å²) in [5.74, 6) is -0.543. The molecule has 0 heterocycles. The molecule has 1 aromatic rings. The van der Waals surface area contributed by atoms with E-state index in [4.69, 9.17) is 15.4 Å². The first kappa shape index (κ1) is 17.9. The van der Waals surface area contributed by atoms with Crippen molar-refractivity contribution in [2.75, 3.05) is 6.61 Å². The van der Waals surface area contributed by atoms with Gasteiger partial charge >= 0.3 is 15.3 Å². The fourth-order valence-electron chi connectivity index (χ4n) is 1.62. The van der Waals surface area contributed by atoms with Gasteiger partial charge in [0.2, 0.25) is 0 Å². The average molecular weight is 335 g/mol. The van der Waals surface area contributed by atoms with E-state index in [2.05, 4.69) is 4.18 Å². The number of hydrogen-bond acceptors (Lipinski definition) is 5. The lowest BCUT2D eigenvalue weighted by Crippen LogP contribution is -2.33. The molecule has 0 radical (unpaired) electrons. The number of esters is 1. The van der Waals surface area contributed by atoms with Gasteiger partial charge in [-0.15, -0.1) is 0 Å². The summed E-state index contributed by atoms with van der Waals surface area (Å²) in [5.41, 5.74) is -0.237. The van der Waals surface area contributed by atoms with E-state index < -0.39 is 20.7 Å². The quantitative estimate of drug-likeness (QED) is 0.565. The van der Waals surface area contributed by atoms with Crippen molar-refractivity contribution in [2.24, 2.45) is 5.41 Å². The second kappa shape index (κ2) is 7.24. The van der Waals surface area contributed by atoms with E-state index in [1.807, 2.05) is 37.3 Å². The van der Waals surface area contributed by atoms with Crippen LogP contribution in [0.15, 0.2) is 30.3 Å². The van der Waals surface area contributed by atoms with E-state index in [0.717, 1.165) is 5.56 Å². The van der Waals surface area contributed by atoms with Gasteiger partial charge in [0.15, 0.2) is 0 Å². The molecule has 0 aliphatic heterocycles. The smallest absolute Gasteiger partial charge is 0.355 e. The standard InChI is InChI=1S/C14H19ClO5S/c1-4-12(11-8-6-5-7-9-11)20-13(16)14(2,3)10-19-21(15,17)18/h5-9,12H,4,10H2,1-3H3. The number of carbonyl (C=O) groups is 1. The van der Waals surface area contributed by atoms with Crippen molar-refractivity contribution in [1.82, 2.24) is 0 Å². The van der Waals surface area contributed by atoms with Gasteiger partial charge < -0.3 is 4.74 Å². The number of ether oxygens (including phenoxy) is 1. The molecule has 0 aliphatic rings. The summed E-state index contributed by atoms with van der Waals surface area (Å²) in [6, 6.07) is 9.34. The molecule has 1 unspecified atom stereocenters. The van der Waals surface area contributed by atoms with Crippen LogP contribution in [-0.4, -0.2) is 21.0 Å². The van der Waals surface area contributed by atoms with Gasteiger partial charge in [-0.1, -0.05) is 37.3 Å². The molecule has 0 fully saturated rings. The molecule has 0 N–H and O–H groups in total. The zero-order valence-corrected chi connectivity index (χ0v) is 13.8. The van der Waals surface area contributed by atoms with Crippen LogP contribution in [0.2, 0.25) is 0 Å². The molecule has 1 aromatic carbocycles. The predicted octanol–water partition coefficient (Wildman–Crippen LogP) is 3.21. The first-order valence-electron chi connectivity index (χ1n) is 6.51. The number of hydrogen-bond donors (Lipinski definition) is 0. The third-order valence-electron chi connectivity index (χ3n) is 2.90. The van der Waals surface area contributed by atoms with Gasteiger partial charge in [0.1, 0.15) is 6.10 Å². The van der Waals surface area contributed by atoms with E-state index in [9.17, 15) is 13.2 Å². The fourth-order valence-corrected chi connectivity index (χ4v) is 2.19. The largest absolute Gasteiger partial charge is 0.457 e. The molecule has 0 saturated carbocycles. The molecule has 0 saturated heterocycles. The molecule has 1 rings (SSSR count). The molecular weight excluding hydrogens is 316 g/mol. The lowest BCUT2D eigenvalue weighted by molar-refractivity contribution is -0.161. The molecule has 0 spiro atoms. The van der Waals surface area contributed by atoms with Gasteiger partial charge in [0.25, 0.3) is 0 Å². The molecule has 0 aliphatic carbocycles. The summed E-state index contributed by atoms with van der Waals surface area (Å²) in [7, 11) is 0.858. The molecular formula is C14H19ClO5S. The molecule has 1 atom stereocenters. The lowest BCUT2D eigenvalue weighted by atomic mass is 9.95. The average Bonchev–Trinajstić information content (AvgIpc) is 2.42. The van der Waals surface area contributed by atoms with Crippen molar-refractivity contribution < 1.29 is 22.1 Å². The maximum Gasteiger partial charge on any atom is 0.355 e. The Labute approximate surface area is 129 Å². The predicted molar refractivity (Wildman–Crippen MR) is 80.1 cm³/mol. The Morgan fingerprint density at radius 1 is 1.29 bits per heavy atom. The Kier molecular flexibility index (Phi) is 6.19. The summed E-state index contributed by atoms with van der Waals surface area (Å²) in [6.07, 6.45) is 0.228. The lowest BCUT2D eigenvalue weighted by Gasteiger charge is -2.25. The molecule has 0 bridgehead atoms. The van der Waals surface area contributed by atoms with Gasteiger partial charge in [-0.05, 0) is 25.8 Å². The first-order valence-corrected chi connectivity index (χ1v) is 8.74. The van der Waals surface area contributed by atoms with E-state index >= 15 is 0 Å². The summed E-state index contributed by atoms with van der Waals surface area (Å²) in [4.78, 5) is 12.2. The van der Waals surface area contributed by atoms with Gasteiger partial charge in [0, 0.05) is 10.7 Å². The zero-order chi connectivity index (χ0) is 16.1. The van der Waals surface area contributed by atoms with Crippen LogP contribution in [0.5, 0.6) is 0 Å². The van der Waals surface area contributed by atoms with Crippen molar-refractivity contribution in [3.63, 3.8) is 0 Å². The summed E-state index contributed by atoms with van der Waals surface area (Å²) >= 11 is 0. The first-order chi connectivity index (χ1) is 9.65. The van der Waals surface area contributed by atoms with E-state index in [1.165, 1.54) is 13.8 Å². The highest BCUT2D eigenvalue weighted by molar-refractivity contribution is 8.09. The maximum atomic E-state index is 12.2. The van der Waals surface area contributed by atoms with Crippen LogP contribution < -0.4 is 0 Å². The van der Waals surface area contributed by atoms with Gasteiger partial charge in [0.05, 0.1) is 12.0 Å². The number of halogens is 1. The number of carbonyl (C=O) groups excluding carboxylic acids is 1. The fraction of sp³-hybridized carbons (Fsp3) is 0.500. The number of rotatable bonds is 7. The summed E-state index contributed by atoms with van der Waals surface area (Å²) in [6.45, 7) is 4.60. The second-order valence-corrected chi connectivity index (χ2v) is 7.41. The van der Waals surface area contributed by atoms with Gasteiger partial charge in [-0.2, -0.15) is 8.42 Å². The van der Waals surface area contributed by atoms with Crippen LogP contribution >= 0.6 is 10.7 Å². The highest BCUT2D eigenvalue weighted by atomic mass is 35.7. The Hall–Kier alpha value is -1.11. The molecule has 0 aromatic heterocycles. The van der Waals surface area contributed by atoms with Crippen LogP contribution in [-0.2, 0) is 23.0 Å². The molecule has 5 nitrogen and oxygen atoms in total. The maximum absolute atomic E-state index is 12.2. The zero-order valence-electron chi connectivity index (χ0n) is 12.2. The van der Waals surface area contributed by atoms with E-state index in [0.29, 0.717) is 6.42 Å². The Morgan fingerprint density at radius 2 is 1.86 bits per heavy atom. The highest BCUT2D eigenvalue weighted by Crippen LogP contribution is 2.27. The topological polar surface area (TPSA) is 69.7 Å². The summed E-state index contributed by atoms with van der Waals surface area (Å²) in [5, 5.41) is 0. The van der Waals surface area contributed by atoms with Crippen LogP contribution in [0, 0.1) is 5.41 Å². The van der Waals surface area contributed by atoms with Crippen molar-refractivity contribution in [1.29, 1.82) is 0 Å². The summed E-state index contributed by atoms with van der Waals surface area (Å²) < 4.78 is 31.5. The Balaban J connectivity index is 2.73. The van der Waals surface area contributed by atoms with E-state index in [-0.39, 0.29) is 12.7 Å².